The van der Waals surface area contributed by atoms with Gasteiger partial charge in [0.25, 0.3) is 5.91 Å². The van der Waals surface area contributed by atoms with Gasteiger partial charge in [-0.25, -0.2) is 4.79 Å². The molecular formula is C29H33ClN4O5. The van der Waals surface area contributed by atoms with E-state index in [1.807, 2.05) is 18.2 Å². The van der Waals surface area contributed by atoms with Gasteiger partial charge in [0.15, 0.2) is 11.4 Å². The van der Waals surface area contributed by atoms with Gasteiger partial charge in [-0.2, -0.15) is 0 Å². The topological polar surface area (TPSA) is 123 Å². The fourth-order valence-electron chi connectivity index (χ4n) is 5.24. The molecule has 1 atom stereocenters. The first kappa shape index (κ1) is 27.1. The number of alkyl carbamates (subject to hydrolysis) is 1. The van der Waals surface area contributed by atoms with Crippen molar-refractivity contribution in [2.45, 2.75) is 57.5 Å². The van der Waals surface area contributed by atoms with Gasteiger partial charge in [0.2, 0.25) is 0 Å². The lowest BCUT2D eigenvalue weighted by Crippen LogP contribution is -2.25. The smallest absolute Gasteiger partial charge is 0.407 e. The average molecular weight is 553 g/mol. The highest BCUT2D eigenvalue weighted by Crippen LogP contribution is 2.32. The molecule has 3 heterocycles. The number of cyclic esters (lactones) is 1. The Labute approximate surface area is 232 Å². The Hall–Kier alpha value is -3.43. The maximum Gasteiger partial charge on any atom is 0.407 e. The van der Waals surface area contributed by atoms with Crippen LogP contribution in [0.25, 0.3) is 10.9 Å². The number of rotatable bonds is 10. The van der Waals surface area contributed by atoms with Crippen molar-refractivity contribution in [1.29, 1.82) is 0 Å². The molecule has 2 saturated heterocycles. The Bertz CT molecular complexity index is 1330. The second-order valence-corrected chi connectivity index (χ2v) is 10.7. The molecule has 39 heavy (non-hydrogen) atoms. The SMILES string of the molecule is O=C1N[C@H](CCCCc2cc(CC3CCOCC3)cc3c(O)c(C(=O)NCc4ccc(Cl)cc4)nnc23)CO1. The number of nitrogens with zero attached hydrogens (tertiary/aromatic N) is 2. The number of benzene rings is 2. The summed E-state index contributed by atoms with van der Waals surface area (Å²) in [6.07, 6.45) is 5.89. The summed E-state index contributed by atoms with van der Waals surface area (Å²) in [5.41, 5.74) is 3.50. The predicted molar refractivity (Wildman–Crippen MR) is 147 cm³/mol. The summed E-state index contributed by atoms with van der Waals surface area (Å²) in [7, 11) is 0. The molecule has 9 nitrogen and oxygen atoms in total. The highest BCUT2D eigenvalue weighted by molar-refractivity contribution is 6.30. The number of aryl methyl sites for hydroxylation is 1. The molecule has 206 valence electrons. The van der Waals surface area contributed by atoms with Crippen LogP contribution in [0.2, 0.25) is 5.02 Å². The Morgan fingerprint density at radius 2 is 1.90 bits per heavy atom. The van der Waals surface area contributed by atoms with Gasteiger partial charge in [0.1, 0.15) is 6.61 Å². The molecule has 0 saturated carbocycles. The van der Waals surface area contributed by atoms with Crippen LogP contribution >= 0.6 is 11.6 Å². The molecule has 1 aromatic heterocycles. The minimum Gasteiger partial charge on any atom is -0.505 e. The molecular weight excluding hydrogens is 520 g/mol. The van der Waals surface area contributed by atoms with E-state index in [2.05, 4.69) is 26.9 Å². The maximum absolute atomic E-state index is 12.9. The minimum absolute atomic E-state index is 0.0480. The molecule has 0 aliphatic carbocycles. The number of fused-ring (bicyclic) bond motifs is 1. The number of hydrogen-bond acceptors (Lipinski definition) is 7. The van der Waals surface area contributed by atoms with E-state index in [1.165, 1.54) is 0 Å². The first-order valence-electron chi connectivity index (χ1n) is 13.5. The highest BCUT2D eigenvalue weighted by Gasteiger charge is 2.23. The zero-order valence-electron chi connectivity index (χ0n) is 21.7. The second kappa shape index (κ2) is 12.6. The number of aromatic hydroxyl groups is 1. The lowest BCUT2D eigenvalue weighted by atomic mass is 9.90. The van der Waals surface area contributed by atoms with E-state index < -0.39 is 5.91 Å². The number of amides is 2. The van der Waals surface area contributed by atoms with Crippen molar-refractivity contribution in [2.24, 2.45) is 5.92 Å². The number of nitrogens with one attached hydrogen (secondary N) is 2. The van der Waals surface area contributed by atoms with Gasteiger partial charge < -0.3 is 25.2 Å². The molecule has 10 heteroatoms. The fraction of sp³-hybridized carbons (Fsp3) is 0.448. The van der Waals surface area contributed by atoms with Crippen LogP contribution in [0.15, 0.2) is 36.4 Å². The van der Waals surface area contributed by atoms with E-state index in [1.54, 1.807) is 12.1 Å². The third-order valence-electron chi connectivity index (χ3n) is 7.41. The fourth-order valence-corrected chi connectivity index (χ4v) is 5.36. The Kier molecular flexibility index (Phi) is 8.78. The summed E-state index contributed by atoms with van der Waals surface area (Å²) in [6.45, 7) is 2.21. The largest absolute Gasteiger partial charge is 0.505 e. The van der Waals surface area contributed by atoms with Crippen LogP contribution < -0.4 is 10.6 Å². The van der Waals surface area contributed by atoms with Gasteiger partial charge in [-0.05, 0) is 79.3 Å². The van der Waals surface area contributed by atoms with Crippen LogP contribution in [0.5, 0.6) is 5.75 Å². The first-order valence-corrected chi connectivity index (χ1v) is 13.9. The molecule has 2 fully saturated rings. The summed E-state index contributed by atoms with van der Waals surface area (Å²) in [5, 5.41) is 26.5. The normalized spacial score (nSPS) is 17.7. The van der Waals surface area contributed by atoms with E-state index in [-0.39, 0.29) is 30.1 Å². The van der Waals surface area contributed by atoms with E-state index in [0.29, 0.717) is 28.5 Å². The molecule has 3 aromatic rings. The number of aromatic nitrogens is 2. The third-order valence-corrected chi connectivity index (χ3v) is 7.66. The third kappa shape index (κ3) is 6.96. The second-order valence-electron chi connectivity index (χ2n) is 10.3. The van der Waals surface area contributed by atoms with Gasteiger partial charge in [0.05, 0.1) is 11.6 Å². The number of carbonyl (C=O) groups excluding carboxylic acids is 2. The number of carbonyl (C=O) groups is 2. The van der Waals surface area contributed by atoms with Gasteiger partial charge in [-0.3, -0.25) is 4.79 Å². The Morgan fingerprint density at radius 1 is 1.10 bits per heavy atom. The van der Waals surface area contributed by atoms with Gasteiger partial charge in [-0.1, -0.05) is 36.2 Å². The average Bonchev–Trinajstić information content (AvgIpc) is 3.36. The van der Waals surface area contributed by atoms with Crippen molar-refractivity contribution < 1.29 is 24.2 Å². The van der Waals surface area contributed by atoms with Crippen molar-refractivity contribution in [3.05, 3.63) is 63.8 Å². The van der Waals surface area contributed by atoms with E-state index >= 15 is 0 Å². The first-order chi connectivity index (χ1) is 19.0. The van der Waals surface area contributed by atoms with Crippen LogP contribution in [-0.4, -0.2) is 53.2 Å². The monoisotopic (exact) mass is 552 g/mol. The maximum atomic E-state index is 12.9. The van der Waals surface area contributed by atoms with Gasteiger partial charge >= 0.3 is 6.09 Å². The van der Waals surface area contributed by atoms with Gasteiger partial charge in [-0.15, -0.1) is 10.2 Å². The van der Waals surface area contributed by atoms with Crippen molar-refractivity contribution in [2.75, 3.05) is 19.8 Å². The number of ether oxygens (including phenoxy) is 2. The van der Waals surface area contributed by atoms with Crippen LogP contribution in [0, 0.1) is 5.92 Å². The molecule has 2 amide bonds. The van der Waals surface area contributed by atoms with Crippen LogP contribution in [0.4, 0.5) is 4.79 Å². The standard InChI is InChI=1S/C29H33ClN4O5/c30-22-7-5-19(6-8-22)16-31-28(36)26-27(35)24-15-20(13-18-9-11-38-12-10-18)14-21(25(24)33-34-26)3-1-2-4-23-17-39-29(37)32-23/h5-8,14-15,18,23H,1-4,9-13,16-17H2,(H,31,36)(H,32,37)(H,33,35)/t23-/m1/s1. The summed E-state index contributed by atoms with van der Waals surface area (Å²) in [4.78, 5) is 24.2. The van der Waals surface area contributed by atoms with Crippen molar-refractivity contribution in [3.8, 4) is 5.75 Å². The highest BCUT2D eigenvalue weighted by atomic mass is 35.5. The molecule has 2 aliphatic heterocycles. The van der Waals surface area contributed by atoms with Gasteiger partial charge in [0, 0.05) is 30.2 Å². The van der Waals surface area contributed by atoms with Crippen molar-refractivity contribution in [3.63, 3.8) is 0 Å². The molecule has 0 spiro atoms. The Balaban J connectivity index is 1.34. The van der Waals surface area contributed by atoms with E-state index in [0.717, 1.165) is 74.8 Å². The van der Waals surface area contributed by atoms with E-state index in [4.69, 9.17) is 21.1 Å². The Morgan fingerprint density at radius 3 is 2.64 bits per heavy atom. The summed E-state index contributed by atoms with van der Waals surface area (Å²) in [5.74, 6) is -0.141. The summed E-state index contributed by atoms with van der Waals surface area (Å²) in [6, 6.07) is 11.3. The lowest BCUT2D eigenvalue weighted by molar-refractivity contribution is 0.0665. The molecule has 2 aromatic carbocycles. The van der Waals surface area contributed by atoms with Crippen LogP contribution in [0.1, 0.15) is 59.3 Å². The van der Waals surface area contributed by atoms with Crippen LogP contribution in [-0.2, 0) is 28.9 Å². The lowest BCUT2D eigenvalue weighted by Gasteiger charge is -2.22. The molecule has 0 unspecified atom stereocenters. The number of halogens is 1. The summed E-state index contributed by atoms with van der Waals surface area (Å²) < 4.78 is 10.5. The van der Waals surface area contributed by atoms with Crippen molar-refractivity contribution >= 4 is 34.5 Å². The number of unbranched alkanes of at least 4 members (excludes halogenated alkanes) is 1. The molecule has 0 bridgehead atoms. The minimum atomic E-state index is -0.492. The predicted octanol–water partition coefficient (Wildman–Crippen LogP) is 4.71. The molecule has 3 N–H and O–H groups in total. The van der Waals surface area contributed by atoms with Crippen LogP contribution in [0.3, 0.4) is 0 Å². The zero-order valence-corrected chi connectivity index (χ0v) is 22.5. The summed E-state index contributed by atoms with van der Waals surface area (Å²) >= 11 is 5.94. The van der Waals surface area contributed by atoms with E-state index in [9.17, 15) is 14.7 Å². The quantitative estimate of drug-likeness (QED) is 0.311. The molecule has 2 aliphatic rings. The number of hydrogen-bond donors (Lipinski definition) is 3. The molecule has 5 rings (SSSR count). The molecule has 0 radical (unpaired) electrons. The zero-order chi connectivity index (χ0) is 27.2. The van der Waals surface area contributed by atoms with Crippen molar-refractivity contribution in [1.82, 2.24) is 20.8 Å².